The molecule has 0 radical (unpaired) electrons. The van der Waals surface area contributed by atoms with Crippen molar-refractivity contribution >= 4 is 0 Å². The molecule has 0 fully saturated rings. The third-order valence-electron chi connectivity index (χ3n) is 0.412. The van der Waals surface area contributed by atoms with Crippen LogP contribution in [0.2, 0.25) is 0 Å². The van der Waals surface area contributed by atoms with Gasteiger partial charge in [-0.25, -0.2) is 0 Å². The maximum atomic E-state index is 8.06. The van der Waals surface area contributed by atoms with E-state index in [-0.39, 0.29) is 0 Å². The van der Waals surface area contributed by atoms with Gasteiger partial charge in [0.1, 0.15) is 0 Å². The number of nitriles is 4. The van der Waals surface area contributed by atoms with Gasteiger partial charge in [-0.2, -0.15) is 0 Å². The first kappa shape index (κ1) is 10.7. The summed E-state index contributed by atoms with van der Waals surface area (Å²) < 4.78 is 16.0. The summed E-state index contributed by atoms with van der Waals surface area (Å²) in [7, 11) is 0. The molecule has 0 rings (SSSR count). The monoisotopic (exact) mass is 231 g/mol. The third kappa shape index (κ3) is 3.05. The van der Waals surface area contributed by atoms with Crippen molar-refractivity contribution in [3.63, 3.8) is 0 Å². The van der Waals surface area contributed by atoms with Gasteiger partial charge in [0.05, 0.1) is 0 Å². The quantitative estimate of drug-likeness (QED) is 0.479. The molecule has 0 saturated heterocycles. The predicted molar refractivity (Wildman–Crippen MR) is 26.8 cm³/mol. The molecule has 0 spiro atoms. The van der Waals surface area contributed by atoms with Crippen LogP contribution in [0.25, 0.3) is 0 Å². The summed E-state index contributed by atoms with van der Waals surface area (Å²) in [6, 6.07) is 0. The van der Waals surface area contributed by atoms with E-state index in [0.29, 0.717) is 0 Å². The van der Waals surface area contributed by atoms with E-state index in [1.54, 1.807) is 0 Å². The number of hydrogen-bond acceptors (Lipinski definition) is 8. The molecule has 0 aromatic carbocycles. The van der Waals surface area contributed by atoms with Gasteiger partial charge < -0.3 is 0 Å². The van der Waals surface area contributed by atoms with Crippen LogP contribution >= 0.6 is 0 Å². The Bertz CT molecular complexity index is 261. The summed E-state index contributed by atoms with van der Waals surface area (Å²) in [5.41, 5.74) is 0. The third-order valence-corrected chi connectivity index (χ3v) is 1.70. The van der Waals surface area contributed by atoms with E-state index in [1.807, 2.05) is 0 Å². The fourth-order valence-electron chi connectivity index (χ4n) is 0.210. The van der Waals surface area contributed by atoms with Crippen molar-refractivity contribution in [2.75, 3.05) is 0 Å². The fraction of sp³-hybridized carbons (Fsp3) is 0. The first-order chi connectivity index (χ1) is 6.24. The van der Waals surface area contributed by atoms with Crippen LogP contribution in [0, 0.1) is 46.1 Å². The Balaban J connectivity index is 4.66. The molecule has 9 heteroatoms. The molecule has 0 aromatic rings. The Labute approximate surface area is 76.1 Å². The Hall–Kier alpha value is -2.32. The molecule has 0 bridgehead atoms. The second kappa shape index (κ2) is 5.35. The van der Waals surface area contributed by atoms with Crippen LogP contribution in [0.5, 0.6) is 0 Å². The van der Waals surface area contributed by atoms with Crippen LogP contribution in [0.15, 0.2) is 0 Å². The van der Waals surface area contributed by atoms with Gasteiger partial charge in [0.2, 0.25) is 0 Å². The second-order valence-corrected chi connectivity index (χ2v) is 2.62. The zero-order valence-corrected chi connectivity index (χ0v) is 6.67. The summed E-state index contributed by atoms with van der Waals surface area (Å²) in [5, 5.41) is 32.2. The minimum atomic E-state index is -3.59. The van der Waals surface area contributed by atoms with Gasteiger partial charge in [0.25, 0.3) is 0 Å². The van der Waals surface area contributed by atoms with Crippen LogP contribution in [-0.2, 0) is 29.4 Å². The molecule has 0 atom stereocenters. The van der Waals surface area contributed by atoms with Crippen molar-refractivity contribution in [3.8, 4) is 25.0 Å². The topological polar surface area (TPSA) is 132 Å². The zero-order chi connectivity index (χ0) is 10.2. The Morgan fingerprint density at radius 2 is 0.846 bits per heavy atom. The molecule has 0 aliphatic rings. The normalized spacial score (nSPS) is 8.92. The van der Waals surface area contributed by atoms with E-state index < -0.39 is 14.2 Å². The van der Waals surface area contributed by atoms with Crippen LogP contribution in [0.1, 0.15) is 0 Å². The van der Waals surface area contributed by atoms with Crippen molar-refractivity contribution in [1.82, 2.24) is 0 Å². The number of rotatable bonds is 4. The van der Waals surface area contributed by atoms with Gasteiger partial charge in [-0.1, -0.05) is 0 Å². The van der Waals surface area contributed by atoms with Gasteiger partial charge >= 0.3 is 75.5 Å². The molecule has 0 aliphatic carbocycles. The van der Waals surface area contributed by atoms with Crippen molar-refractivity contribution in [1.29, 1.82) is 21.0 Å². The average molecular weight is 232 g/mol. The molecule has 0 aliphatic heterocycles. The van der Waals surface area contributed by atoms with Crippen molar-refractivity contribution in [3.05, 3.63) is 0 Å². The van der Waals surface area contributed by atoms with Gasteiger partial charge in [0.15, 0.2) is 0 Å². The minimum absolute atomic E-state index is 1.07. The molecule has 13 heavy (non-hydrogen) atoms. The Morgan fingerprint density at radius 1 is 0.615 bits per heavy atom. The number of nitrogens with zero attached hydrogens (tertiary/aromatic N) is 4. The molecular weight excluding hydrogens is 232 g/mol. The summed E-state index contributed by atoms with van der Waals surface area (Å²) in [5.74, 6) is 0. The van der Waals surface area contributed by atoms with Gasteiger partial charge in [-0.05, 0) is 0 Å². The standard InChI is InChI=1S/4CHNO.Cu/c4*2-1-3;/h4*3H;/q;;;;+4/p-4. The first-order valence-corrected chi connectivity index (χ1v) is 3.74. The van der Waals surface area contributed by atoms with Gasteiger partial charge in [-0.15, -0.1) is 0 Å². The van der Waals surface area contributed by atoms with Gasteiger partial charge in [0, 0.05) is 0 Å². The zero-order valence-electron chi connectivity index (χ0n) is 5.72. The van der Waals surface area contributed by atoms with E-state index in [2.05, 4.69) is 15.3 Å². The second-order valence-electron chi connectivity index (χ2n) is 0.913. The molecular formula is C4CuN4O4. The summed E-state index contributed by atoms with van der Waals surface area (Å²) in [6.07, 6.45) is 4.28. The van der Waals surface area contributed by atoms with E-state index in [9.17, 15) is 0 Å². The van der Waals surface area contributed by atoms with Crippen molar-refractivity contribution < 1.29 is 29.4 Å². The Morgan fingerprint density at radius 3 is 1.00 bits per heavy atom. The van der Waals surface area contributed by atoms with Crippen LogP contribution in [0.4, 0.5) is 0 Å². The van der Waals surface area contributed by atoms with E-state index in [1.165, 1.54) is 0 Å². The molecule has 0 unspecified atom stereocenters. The molecule has 0 amide bonds. The van der Waals surface area contributed by atoms with Gasteiger partial charge in [-0.3, -0.25) is 0 Å². The SMILES string of the molecule is N#C[O][Cu]([O]C#N)([O]C#N)[O]C#N. The fourth-order valence-corrected chi connectivity index (χ4v) is 0.867. The van der Waals surface area contributed by atoms with Crippen LogP contribution in [-0.4, -0.2) is 0 Å². The van der Waals surface area contributed by atoms with Crippen LogP contribution < -0.4 is 0 Å². The summed E-state index contributed by atoms with van der Waals surface area (Å²) in [4.78, 5) is 0. The molecule has 0 saturated carbocycles. The van der Waals surface area contributed by atoms with Crippen molar-refractivity contribution in [2.45, 2.75) is 0 Å². The van der Waals surface area contributed by atoms with Crippen molar-refractivity contribution in [2.24, 2.45) is 0 Å². The number of hydrogen-bond donors (Lipinski definition) is 0. The summed E-state index contributed by atoms with van der Waals surface area (Å²) >= 11 is -3.59. The molecule has 0 N–H and O–H groups in total. The van der Waals surface area contributed by atoms with E-state index in [0.717, 1.165) is 25.0 Å². The van der Waals surface area contributed by atoms with E-state index >= 15 is 0 Å². The Kier molecular flexibility index (Phi) is 4.39. The molecule has 0 heterocycles. The molecule has 8 nitrogen and oxygen atoms in total. The summed E-state index contributed by atoms with van der Waals surface area (Å²) in [6.45, 7) is 0. The predicted octanol–water partition coefficient (Wildman–Crippen LogP) is -0.209. The molecule has 0 aromatic heterocycles. The van der Waals surface area contributed by atoms with Crippen LogP contribution in [0.3, 0.4) is 0 Å². The maximum absolute atomic E-state index is 8.06. The average Bonchev–Trinajstić information content (AvgIpc) is 2.06. The van der Waals surface area contributed by atoms with E-state index in [4.69, 9.17) is 21.0 Å². The molecule has 71 valence electrons. The first-order valence-electron chi connectivity index (χ1n) is 2.20.